The van der Waals surface area contributed by atoms with Gasteiger partial charge in [-0.05, 0) is 30.2 Å². The highest BCUT2D eigenvalue weighted by atomic mass is 35.5. The number of allylic oxidation sites excluding steroid dienone is 1. The summed E-state index contributed by atoms with van der Waals surface area (Å²) in [5, 5.41) is 4.05. The number of aryl methyl sites for hydroxylation is 1. The molecule has 108 valence electrons. The van der Waals surface area contributed by atoms with E-state index in [1.807, 2.05) is 24.3 Å². The van der Waals surface area contributed by atoms with Crippen molar-refractivity contribution in [2.24, 2.45) is 0 Å². The fourth-order valence-corrected chi connectivity index (χ4v) is 2.28. The van der Waals surface area contributed by atoms with Crippen LogP contribution < -0.4 is 5.32 Å². The lowest BCUT2D eigenvalue weighted by Gasteiger charge is -2.04. The van der Waals surface area contributed by atoms with Gasteiger partial charge in [-0.2, -0.15) is 0 Å². The van der Waals surface area contributed by atoms with Gasteiger partial charge in [-0.15, -0.1) is 0 Å². The van der Waals surface area contributed by atoms with E-state index in [-0.39, 0.29) is 5.78 Å². The molecule has 21 heavy (non-hydrogen) atoms. The monoisotopic (exact) mass is 319 g/mol. The molecule has 2 nitrogen and oxygen atoms in total. The van der Waals surface area contributed by atoms with Crippen LogP contribution in [0.5, 0.6) is 0 Å². The van der Waals surface area contributed by atoms with Gasteiger partial charge in [0.05, 0.1) is 10.7 Å². The summed E-state index contributed by atoms with van der Waals surface area (Å²) < 4.78 is 0. The van der Waals surface area contributed by atoms with Crippen LogP contribution in [-0.4, -0.2) is 5.78 Å². The van der Waals surface area contributed by atoms with Crippen molar-refractivity contribution in [3.05, 3.63) is 75.9 Å². The fraction of sp³-hybridized carbons (Fsp3) is 0.118. The molecule has 0 saturated heterocycles. The van der Waals surface area contributed by atoms with Crippen molar-refractivity contribution in [3.8, 4) is 0 Å². The van der Waals surface area contributed by atoms with Crippen molar-refractivity contribution in [1.29, 1.82) is 0 Å². The van der Waals surface area contributed by atoms with Gasteiger partial charge < -0.3 is 5.32 Å². The molecule has 0 atom stereocenters. The van der Waals surface area contributed by atoms with E-state index < -0.39 is 0 Å². The Morgan fingerprint density at radius 3 is 2.48 bits per heavy atom. The molecule has 2 rings (SSSR count). The Hall–Kier alpha value is -1.77. The lowest BCUT2D eigenvalue weighted by Crippen LogP contribution is -1.97. The van der Waals surface area contributed by atoms with E-state index in [4.69, 9.17) is 23.2 Å². The van der Waals surface area contributed by atoms with Gasteiger partial charge in [0.2, 0.25) is 0 Å². The van der Waals surface area contributed by atoms with Crippen LogP contribution in [0.1, 0.15) is 22.8 Å². The SMILES string of the molecule is CCc1ccc(C(=O)C=CNc2ccc(Cl)cc2Cl)cc1. The predicted molar refractivity (Wildman–Crippen MR) is 89.4 cm³/mol. The number of ketones is 1. The minimum Gasteiger partial charge on any atom is -0.360 e. The Morgan fingerprint density at radius 2 is 1.86 bits per heavy atom. The minimum atomic E-state index is -0.0600. The molecule has 0 aromatic heterocycles. The van der Waals surface area contributed by atoms with E-state index in [9.17, 15) is 4.79 Å². The maximum Gasteiger partial charge on any atom is 0.187 e. The zero-order valence-corrected chi connectivity index (χ0v) is 13.1. The second-order valence-electron chi connectivity index (χ2n) is 4.52. The van der Waals surface area contributed by atoms with Crippen molar-refractivity contribution < 1.29 is 4.79 Å². The van der Waals surface area contributed by atoms with Crippen LogP contribution in [0.25, 0.3) is 0 Å². The number of anilines is 1. The molecule has 0 aliphatic rings. The third kappa shape index (κ3) is 4.35. The standard InChI is InChI=1S/C17H15Cl2NO/c1-2-12-3-5-13(6-4-12)17(21)9-10-20-16-8-7-14(18)11-15(16)19/h3-11,20H,2H2,1H3. The second-order valence-corrected chi connectivity index (χ2v) is 5.36. The smallest absolute Gasteiger partial charge is 0.187 e. The molecule has 2 aromatic carbocycles. The summed E-state index contributed by atoms with van der Waals surface area (Å²) in [4.78, 5) is 12.0. The molecular weight excluding hydrogens is 305 g/mol. The number of halogens is 2. The van der Waals surface area contributed by atoms with Gasteiger partial charge in [0.25, 0.3) is 0 Å². The highest BCUT2D eigenvalue weighted by molar-refractivity contribution is 6.36. The summed E-state index contributed by atoms with van der Waals surface area (Å²) in [5.41, 5.74) is 2.57. The molecule has 0 aliphatic heterocycles. The number of carbonyl (C=O) groups excluding carboxylic acids is 1. The van der Waals surface area contributed by atoms with Gasteiger partial charge in [0, 0.05) is 22.9 Å². The highest BCUT2D eigenvalue weighted by Crippen LogP contribution is 2.25. The molecule has 0 heterocycles. The van der Waals surface area contributed by atoms with Crippen molar-refractivity contribution in [1.82, 2.24) is 0 Å². The summed E-state index contributed by atoms with van der Waals surface area (Å²) in [6.45, 7) is 2.08. The molecule has 0 unspecified atom stereocenters. The average Bonchev–Trinajstić information content (AvgIpc) is 2.49. The number of nitrogens with one attached hydrogen (secondary N) is 1. The fourth-order valence-electron chi connectivity index (χ4n) is 1.81. The van der Waals surface area contributed by atoms with Crippen LogP contribution in [0.15, 0.2) is 54.7 Å². The summed E-state index contributed by atoms with van der Waals surface area (Å²) in [6, 6.07) is 12.7. The highest BCUT2D eigenvalue weighted by Gasteiger charge is 2.02. The van der Waals surface area contributed by atoms with Gasteiger partial charge in [0.15, 0.2) is 5.78 Å². The Kier molecular flexibility index (Phi) is 5.43. The lowest BCUT2D eigenvalue weighted by atomic mass is 10.1. The molecule has 1 N–H and O–H groups in total. The Morgan fingerprint density at radius 1 is 1.14 bits per heavy atom. The molecule has 2 aromatic rings. The lowest BCUT2D eigenvalue weighted by molar-refractivity contribution is 0.104. The third-order valence-electron chi connectivity index (χ3n) is 3.05. The number of hydrogen-bond acceptors (Lipinski definition) is 2. The number of hydrogen-bond donors (Lipinski definition) is 1. The Bertz CT molecular complexity index is 663. The van der Waals surface area contributed by atoms with Crippen LogP contribution in [0.4, 0.5) is 5.69 Å². The summed E-state index contributed by atoms with van der Waals surface area (Å²) >= 11 is 11.9. The van der Waals surface area contributed by atoms with Gasteiger partial charge in [-0.3, -0.25) is 4.79 Å². The van der Waals surface area contributed by atoms with Crippen LogP contribution >= 0.6 is 23.2 Å². The van der Waals surface area contributed by atoms with Crippen LogP contribution in [0.3, 0.4) is 0 Å². The van der Waals surface area contributed by atoms with Crippen molar-refractivity contribution in [2.75, 3.05) is 5.32 Å². The zero-order chi connectivity index (χ0) is 15.2. The Balaban J connectivity index is 2.01. The molecule has 0 fully saturated rings. The first-order valence-electron chi connectivity index (χ1n) is 6.61. The van der Waals surface area contributed by atoms with Crippen LogP contribution in [0.2, 0.25) is 10.0 Å². The summed E-state index contributed by atoms with van der Waals surface area (Å²) in [5.74, 6) is -0.0600. The van der Waals surface area contributed by atoms with E-state index >= 15 is 0 Å². The quantitative estimate of drug-likeness (QED) is 0.593. The van der Waals surface area contributed by atoms with Crippen LogP contribution in [-0.2, 0) is 6.42 Å². The van der Waals surface area contributed by atoms with Crippen molar-refractivity contribution in [3.63, 3.8) is 0 Å². The maximum absolute atomic E-state index is 12.0. The van der Waals surface area contributed by atoms with Gasteiger partial charge in [-0.1, -0.05) is 54.4 Å². The Labute approximate surface area is 134 Å². The van der Waals surface area contributed by atoms with E-state index in [1.54, 1.807) is 24.4 Å². The number of carbonyl (C=O) groups is 1. The third-order valence-corrected chi connectivity index (χ3v) is 3.60. The van der Waals surface area contributed by atoms with Crippen molar-refractivity contribution >= 4 is 34.7 Å². The first kappa shape index (κ1) is 15.6. The first-order chi connectivity index (χ1) is 10.1. The predicted octanol–water partition coefficient (Wildman–Crippen LogP) is 5.36. The number of rotatable bonds is 5. The molecule has 0 aliphatic carbocycles. The maximum atomic E-state index is 12.0. The second kappa shape index (κ2) is 7.30. The first-order valence-corrected chi connectivity index (χ1v) is 7.37. The van der Waals surface area contributed by atoms with E-state index in [0.29, 0.717) is 21.3 Å². The minimum absolute atomic E-state index is 0.0600. The van der Waals surface area contributed by atoms with Crippen LogP contribution in [0, 0.1) is 0 Å². The zero-order valence-electron chi connectivity index (χ0n) is 11.6. The molecule has 0 radical (unpaired) electrons. The van der Waals surface area contributed by atoms with Gasteiger partial charge >= 0.3 is 0 Å². The normalized spacial score (nSPS) is 10.8. The van der Waals surface area contributed by atoms with Crippen molar-refractivity contribution in [2.45, 2.75) is 13.3 Å². The van der Waals surface area contributed by atoms with E-state index in [1.165, 1.54) is 11.6 Å². The average molecular weight is 320 g/mol. The van der Waals surface area contributed by atoms with E-state index in [0.717, 1.165) is 6.42 Å². The largest absolute Gasteiger partial charge is 0.360 e. The molecule has 0 saturated carbocycles. The van der Waals surface area contributed by atoms with E-state index in [2.05, 4.69) is 12.2 Å². The molecule has 4 heteroatoms. The van der Waals surface area contributed by atoms with Gasteiger partial charge in [0.1, 0.15) is 0 Å². The number of benzene rings is 2. The molecular formula is C17H15Cl2NO. The van der Waals surface area contributed by atoms with Gasteiger partial charge in [-0.25, -0.2) is 0 Å². The summed E-state index contributed by atoms with van der Waals surface area (Å²) in [7, 11) is 0. The summed E-state index contributed by atoms with van der Waals surface area (Å²) in [6.07, 6.45) is 4.01. The topological polar surface area (TPSA) is 29.1 Å². The molecule has 0 amide bonds. The molecule has 0 bridgehead atoms. The molecule has 0 spiro atoms.